The van der Waals surface area contributed by atoms with Crippen molar-refractivity contribution in [3.8, 4) is 0 Å². The first-order valence-electron chi connectivity index (χ1n) is 6.06. The van der Waals surface area contributed by atoms with Crippen LogP contribution < -0.4 is 11.5 Å². The van der Waals surface area contributed by atoms with Crippen molar-refractivity contribution < 1.29 is 0 Å². The number of hydrogen-bond donors (Lipinski definition) is 2. The topological polar surface area (TPSA) is 52.0 Å². The Hall–Kier alpha value is -1.18. The number of fused-ring (bicyclic) bond motifs is 1. The van der Waals surface area contributed by atoms with E-state index in [-0.39, 0.29) is 5.41 Å². The molecule has 88 valence electrons. The highest BCUT2D eigenvalue weighted by Crippen LogP contribution is 2.46. The Kier molecular flexibility index (Phi) is 2.41. The molecular formula is C14H22N2. The van der Waals surface area contributed by atoms with Crippen LogP contribution in [0.4, 0.5) is 11.4 Å². The Labute approximate surface area is 98.0 Å². The largest absolute Gasteiger partial charge is 0.398 e. The zero-order valence-corrected chi connectivity index (χ0v) is 10.7. The molecule has 2 nitrogen and oxygen atoms in total. The van der Waals surface area contributed by atoms with Gasteiger partial charge in [0.2, 0.25) is 0 Å². The lowest BCUT2D eigenvalue weighted by Gasteiger charge is -2.24. The number of nitrogens with two attached hydrogens (primary N) is 2. The van der Waals surface area contributed by atoms with E-state index in [1.165, 1.54) is 17.5 Å². The zero-order valence-electron chi connectivity index (χ0n) is 10.7. The molecule has 1 aliphatic rings. The molecule has 0 fully saturated rings. The zero-order chi connectivity index (χ0) is 12.1. The molecule has 0 atom stereocenters. The van der Waals surface area contributed by atoms with Gasteiger partial charge in [0.1, 0.15) is 0 Å². The summed E-state index contributed by atoms with van der Waals surface area (Å²) in [5.74, 6) is 0.390. The van der Waals surface area contributed by atoms with E-state index in [9.17, 15) is 0 Å². The number of anilines is 2. The molecule has 0 unspecified atom stereocenters. The highest BCUT2D eigenvalue weighted by molar-refractivity contribution is 5.71. The van der Waals surface area contributed by atoms with Crippen molar-refractivity contribution in [2.45, 2.75) is 51.9 Å². The molecule has 1 aliphatic carbocycles. The summed E-state index contributed by atoms with van der Waals surface area (Å²) >= 11 is 0. The summed E-state index contributed by atoms with van der Waals surface area (Å²) in [6.07, 6.45) is 2.28. The van der Waals surface area contributed by atoms with Gasteiger partial charge in [0, 0.05) is 16.9 Å². The molecule has 0 aliphatic heterocycles. The molecule has 2 heteroatoms. The maximum Gasteiger partial charge on any atom is 0.0410 e. The second kappa shape index (κ2) is 3.41. The van der Waals surface area contributed by atoms with Gasteiger partial charge in [-0.1, -0.05) is 27.7 Å². The maximum absolute atomic E-state index is 6.33. The fourth-order valence-electron chi connectivity index (χ4n) is 3.01. The van der Waals surface area contributed by atoms with Crippen molar-refractivity contribution in [1.82, 2.24) is 0 Å². The van der Waals surface area contributed by atoms with Crippen molar-refractivity contribution in [2.24, 2.45) is 0 Å². The summed E-state index contributed by atoms with van der Waals surface area (Å²) in [5, 5.41) is 0. The second-order valence-electron chi connectivity index (χ2n) is 5.87. The molecule has 0 saturated carbocycles. The molecule has 0 aromatic heterocycles. The minimum absolute atomic E-state index is 0.205. The highest BCUT2D eigenvalue weighted by Gasteiger charge is 2.33. The van der Waals surface area contributed by atoms with E-state index in [1.807, 2.05) is 0 Å². The van der Waals surface area contributed by atoms with Crippen LogP contribution in [-0.4, -0.2) is 0 Å². The van der Waals surface area contributed by atoms with Gasteiger partial charge in [-0.15, -0.1) is 0 Å². The lowest BCUT2D eigenvalue weighted by molar-refractivity contribution is 0.523. The maximum atomic E-state index is 6.33. The van der Waals surface area contributed by atoms with Crippen LogP contribution in [0.15, 0.2) is 6.07 Å². The third-order valence-corrected chi connectivity index (χ3v) is 3.79. The van der Waals surface area contributed by atoms with Crippen LogP contribution in [0, 0.1) is 0 Å². The number of hydrogen-bond acceptors (Lipinski definition) is 2. The molecule has 4 N–H and O–H groups in total. The van der Waals surface area contributed by atoms with E-state index in [1.54, 1.807) is 0 Å². The summed E-state index contributed by atoms with van der Waals surface area (Å²) in [7, 11) is 0. The van der Waals surface area contributed by atoms with E-state index in [0.29, 0.717) is 5.92 Å². The quantitative estimate of drug-likeness (QED) is 0.711. The molecule has 1 aromatic carbocycles. The summed E-state index contributed by atoms with van der Waals surface area (Å²) in [6, 6.07) is 2.13. The van der Waals surface area contributed by atoms with Crippen LogP contribution in [0.1, 0.15) is 56.7 Å². The first kappa shape index (κ1) is 11.3. The molecule has 0 spiro atoms. The Bertz CT molecular complexity index is 431. The van der Waals surface area contributed by atoms with Crippen LogP contribution in [-0.2, 0) is 11.8 Å². The van der Waals surface area contributed by atoms with Gasteiger partial charge in [-0.05, 0) is 41.4 Å². The Morgan fingerprint density at radius 2 is 1.88 bits per heavy atom. The predicted molar refractivity (Wildman–Crippen MR) is 70.7 cm³/mol. The van der Waals surface area contributed by atoms with E-state index in [4.69, 9.17) is 11.5 Å². The smallest absolute Gasteiger partial charge is 0.0410 e. The summed E-state index contributed by atoms with van der Waals surface area (Å²) in [5.41, 5.74) is 18.3. The monoisotopic (exact) mass is 218 g/mol. The molecule has 0 saturated heterocycles. The molecular weight excluding hydrogens is 196 g/mol. The van der Waals surface area contributed by atoms with Crippen molar-refractivity contribution in [2.75, 3.05) is 11.5 Å². The van der Waals surface area contributed by atoms with Crippen LogP contribution in [0.2, 0.25) is 0 Å². The first-order chi connectivity index (χ1) is 7.34. The fraction of sp³-hybridized carbons (Fsp3) is 0.571. The van der Waals surface area contributed by atoms with E-state index in [0.717, 1.165) is 23.4 Å². The average molecular weight is 218 g/mol. The van der Waals surface area contributed by atoms with Gasteiger partial charge >= 0.3 is 0 Å². The summed E-state index contributed by atoms with van der Waals surface area (Å²) in [4.78, 5) is 0. The molecule has 1 aromatic rings. The van der Waals surface area contributed by atoms with Gasteiger partial charge in [-0.25, -0.2) is 0 Å². The third kappa shape index (κ3) is 1.48. The molecule has 2 rings (SSSR count). The van der Waals surface area contributed by atoms with Crippen LogP contribution >= 0.6 is 0 Å². The van der Waals surface area contributed by atoms with Gasteiger partial charge in [-0.2, -0.15) is 0 Å². The number of aryl methyl sites for hydroxylation is 1. The van der Waals surface area contributed by atoms with Crippen LogP contribution in [0.3, 0.4) is 0 Å². The highest BCUT2D eigenvalue weighted by atomic mass is 14.7. The Morgan fingerprint density at radius 3 is 2.44 bits per heavy atom. The summed E-state index contributed by atoms with van der Waals surface area (Å²) in [6.45, 7) is 8.85. The lowest BCUT2D eigenvalue weighted by atomic mass is 9.82. The molecule has 16 heavy (non-hydrogen) atoms. The minimum Gasteiger partial charge on any atom is -0.398 e. The molecule has 0 amide bonds. The van der Waals surface area contributed by atoms with Gasteiger partial charge in [-0.3, -0.25) is 0 Å². The first-order valence-corrected chi connectivity index (χ1v) is 6.06. The van der Waals surface area contributed by atoms with E-state index in [2.05, 4.69) is 33.8 Å². The SMILES string of the molecule is CC(C)c1c(N)cc2c(c1N)C(C)(C)CC2. The van der Waals surface area contributed by atoms with Gasteiger partial charge in [0.15, 0.2) is 0 Å². The van der Waals surface area contributed by atoms with Crippen LogP contribution in [0.5, 0.6) is 0 Å². The van der Waals surface area contributed by atoms with Gasteiger partial charge in [0.25, 0.3) is 0 Å². The van der Waals surface area contributed by atoms with Gasteiger partial charge < -0.3 is 11.5 Å². The standard InChI is InChI=1S/C14H22N2/c1-8(2)11-10(15)7-9-5-6-14(3,4)12(9)13(11)16/h7-8H,5-6,15-16H2,1-4H3. The number of benzene rings is 1. The predicted octanol–water partition coefficient (Wildman–Crippen LogP) is 3.20. The lowest BCUT2D eigenvalue weighted by Crippen LogP contribution is -2.16. The van der Waals surface area contributed by atoms with Crippen molar-refractivity contribution in [3.05, 3.63) is 22.8 Å². The van der Waals surface area contributed by atoms with Crippen LogP contribution in [0.25, 0.3) is 0 Å². The normalized spacial score (nSPS) is 17.8. The molecule has 0 heterocycles. The molecule has 0 radical (unpaired) electrons. The Balaban J connectivity index is 2.71. The van der Waals surface area contributed by atoms with Crippen molar-refractivity contribution in [3.63, 3.8) is 0 Å². The van der Waals surface area contributed by atoms with Crippen molar-refractivity contribution in [1.29, 1.82) is 0 Å². The average Bonchev–Trinajstić information content (AvgIpc) is 2.40. The number of rotatable bonds is 1. The van der Waals surface area contributed by atoms with Crippen molar-refractivity contribution >= 4 is 11.4 Å². The Morgan fingerprint density at radius 1 is 1.25 bits per heavy atom. The van der Waals surface area contributed by atoms with Gasteiger partial charge in [0.05, 0.1) is 0 Å². The number of nitrogen functional groups attached to an aromatic ring is 2. The molecule has 0 bridgehead atoms. The minimum atomic E-state index is 0.205. The summed E-state index contributed by atoms with van der Waals surface area (Å²) < 4.78 is 0. The van der Waals surface area contributed by atoms with E-state index >= 15 is 0 Å². The van der Waals surface area contributed by atoms with E-state index < -0.39 is 0 Å². The fourth-order valence-corrected chi connectivity index (χ4v) is 3.01. The second-order valence-corrected chi connectivity index (χ2v) is 5.87. The third-order valence-electron chi connectivity index (χ3n) is 3.79.